The molecule has 2 aliphatic rings. The highest BCUT2D eigenvalue weighted by Crippen LogP contribution is 2.36. The van der Waals surface area contributed by atoms with E-state index in [2.05, 4.69) is 18.7 Å². The predicted octanol–water partition coefficient (Wildman–Crippen LogP) is 2.49. The molecule has 4 nitrogen and oxygen atoms in total. The fourth-order valence-electron chi connectivity index (χ4n) is 3.68. The highest BCUT2D eigenvalue weighted by Gasteiger charge is 2.36. The molecule has 1 fully saturated rings. The molecule has 3 rings (SSSR count). The Kier molecular flexibility index (Phi) is 4.08. The van der Waals surface area contributed by atoms with Crippen LogP contribution in [0.2, 0.25) is 0 Å². The van der Waals surface area contributed by atoms with Gasteiger partial charge in [0.25, 0.3) is 0 Å². The van der Waals surface area contributed by atoms with Crippen molar-refractivity contribution in [3.8, 4) is 5.75 Å². The Bertz CT molecular complexity index is 584. The first-order valence-corrected chi connectivity index (χ1v) is 8.00. The summed E-state index contributed by atoms with van der Waals surface area (Å²) in [7, 11) is 0. The van der Waals surface area contributed by atoms with Crippen molar-refractivity contribution in [1.29, 1.82) is 0 Å². The lowest BCUT2D eigenvalue weighted by atomic mass is 9.87. The zero-order valence-electron chi connectivity index (χ0n) is 13.1. The molecule has 1 aliphatic carbocycles. The second-order valence-electron chi connectivity index (χ2n) is 6.56. The average molecular weight is 306 g/mol. The average Bonchev–Trinajstić information content (AvgIpc) is 2.41. The van der Waals surface area contributed by atoms with Crippen LogP contribution in [0.1, 0.15) is 49.0 Å². The summed E-state index contributed by atoms with van der Waals surface area (Å²) in [5.41, 5.74) is 6.43. The van der Waals surface area contributed by atoms with Crippen LogP contribution in [0.25, 0.3) is 0 Å². The summed E-state index contributed by atoms with van der Waals surface area (Å²) < 4.78 is 19.6. The van der Waals surface area contributed by atoms with Crippen LogP contribution in [0.15, 0.2) is 12.1 Å². The summed E-state index contributed by atoms with van der Waals surface area (Å²) in [6.07, 6.45) is 4.28. The molecule has 0 spiro atoms. The number of amides is 1. The van der Waals surface area contributed by atoms with Gasteiger partial charge in [0.05, 0.1) is 0 Å². The molecule has 0 bridgehead atoms. The van der Waals surface area contributed by atoms with Gasteiger partial charge in [0.15, 0.2) is 11.6 Å². The van der Waals surface area contributed by atoms with E-state index in [1.54, 1.807) is 0 Å². The van der Waals surface area contributed by atoms with Crippen LogP contribution in [-0.2, 0) is 6.42 Å². The Labute approximate surface area is 130 Å². The van der Waals surface area contributed by atoms with Crippen LogP contribution >= 0.6 is 0 Å². The molecule has 1 saturated carbocycles. The van der Waals surface area contributed by atoms with E-state index in [9.17, 15) is 9.18 Å². The molecule has 1 aliphatic heterocycles. The number of primary amides is 1. The third-order valence-electron chi connectivity index (χ3n) is 4.85. The van der Waals surface area contributed by atoms with Crippen molar-refractivity contribution in [2.45, 2.75) is 57.7 Å². The summed E-state index contributed by atoms with van der Waals surface area (Å²) >= 11 is 0. The van der Waals surface area contributed by atoms with Crippen LogP contribution in [0.4, 0.5) is 4.39 Å². The molecule has 2 N–H and O–H groups in total. The molecule has 1 atom stereocenters. The minimum absolute atomic E-state index is 0.165. The molecule has 1 heterocycles. The first-order chi connectivity index (χ1) is 10.5. The highest BCUT2D eigenvalue weighted by atomic mass is 19.1. The maximum absolute atomic E-state index is 13.9. The van der Waals surface area contributed by atoms with Crippen molar-refractivity contribution >= 4 is 5.91 Å². The lowest BCUT2D eigenvalue weighted by Crippen LogP contribution is -2.54. The van der Waals surface area contributed by atoms with Crippen molar-refractivity contribution < 1.29 is 13.9 Å². The van der Waals surface area contributed by atoms with Gasteiger partial charge < -0.3 is 10.5 Å². The number of hydrogen-bond acceptors (Lipinski definition) is 3. The minimum atomic E-state index is -0.528. The van der Waals surface area contributed by atoms with Crippen molar-refractivity contribution in [1.82, 2.24) is 4.90 Å². The standard InChI is InChI=1S/C17H23FN2O2/c1-10(2)20(11-4-3-5-11)12-8-14-13(17(19)21)6-7-15(18)16(14)22-9-12/h6-7,10-12H,3-5,8-9H2,1-2H3,(H2,19,21)/t12-/m1/s1. The van der Waals surface area contributed by atoms with Gasteiger partial charge in [0.2, 0.25) is 5.91 Å². The largest absolute Gasteiger partial charge is 0.489 e. The Morgan fingerprint density at radius 1 is 1.36 bits per heavy atom. The van der Waals surface area contributed by atoms with E-state index in [0.29, 0.717) is 36.2 Å². The van der Waals surface area contributed by atoms with Gasteiger partial charge in [-0.25, -0.2) is 4.39 Å². The summed E-state index contributed by atoms with van der Waals surface area (Å²) in [6.45, 7) is 4.81. The minimum Gasteiger partial charge on any atom is -0.489 e. The van der Waals surface area contributed by atoms with E-state index in [1.165, 1.54) is 31.4 Å². The van der Waals surface area contributed by atoms with Gasteiger partial charge in [-0.3, -0.25) is 9.69 Å². The van der Waals surface area contributed by atoms with Crippen molar-refractivity contribution in [2.75, 3.05) is 6.61 Å². The molecule has 0 unspecified atom stereocenters. The molecule has 0 saturated heterocycles. The van der Waals surface area contributed by atoms with E-state index >= 15 is 0 Å². The van der Waals surface area contributed by atoms with Gasteiger partial charge in [-0.05, 0) is 45.2 Å². The number of rotatable bonds is 4. The van der Waals surface area contributed by atoms with Gasteiger partial charge in [-0.1, -0.05) is 6.42 Å². The van der Waals surface area contributed by atoms with Crippen LogP contribution in [0.3, 0.4) is 0 Å². The van der Waals surface area contributed by atoms with Crippen LogP contribution in [0.5, 0.6) is 5.75 Å². The summed E-state index contributed by atoms with van der Waals surface area (Å²) in [6, 6.07) is 3.85. The zero-order chi connectivity index (χ0) is 15.9. The zero-order valence-corrected chi connectivity index (χ0v) is 13.1. The number of carbonyl (C=O) groups excluding carboxylic acids is 1. The number of hydrogen-bond donors (Lipinski definition) is 1. The first-order valence-electron chi connectivity index (χ1n) is 8.00. The summed E-state index contributed by atoms with van der Waals surface area (Å²) in [5.74, 6) is -0.747. The maximum atomic E-state index is 13.9. The second-order valence-corrected chi connectivity index (χ2v) is 6.56. The molecule has 1 aromatic rings. The summed E-state index contributed by atoms with van der Waals surface area (Å²) in [5, 5.41) is 0. The normalized spacial score (nSPS) is 21.4. The molecule has 120 valence electrons. The molecular formula is C17H23FN2O2. The Morgan fingerprint density at radius 3 is 2.64 bits per heavy atom. The van der Waals surface area contributed by atoms with E-state index in [-0.39, 0.29) is 11.8 Å². The second kappa shape index (κ2) is 5.88. The van der Waals surface area contributed by atoms with Gasteiger partial charge in [-0.15, -0.1) is 0 Å². The SMILES string of the molecule is CC(C)N(C1CCC1)[C@H]1COc2c(F)ccc(C(N)=O)c2C1. The third-order valence-corrected chi connectivity index (χ3v) is 4.85. The number of nitrogens with zero attached hydrogens (tertiary/aromatic N) is 1. The fraction of sp³-hybridized carbons (Fsp3) is 0.588. The van der Waals surface area contributed by atoms with Gasteiger partial charge >= 0.3 is 0 Å². The number of benzene rings is 1. The molecule has 1 aromatic carbocycles. The van der Waals surface area contributed by atoms with Crippen LogP contribution in [0, 0.1) is 5.82 Å². The lowest BCUT2D eigenvalue weighted by molar-refractivity contribution is 0.0184. The Hall–Kier alpha value is -1.62. The van der Waals surface area contributed by atoms with Crippen molar-refractivity contribution in [3.63, 3.8) is 0 Å². The Morgan fingerprint density at radius 2 is 2.09 bits per heavy atom. The number of fused-ring (bicyclic) bond motifs is 1. The van der Waals surface area contributed by atoms with Crippen molar-refractivity contribution in [2.24, 2.45) is 5.73 Å². The van der Waals surface area contributed by atoms with E-state index in [4.69, 9.17) is 10.5 Å². The van der Waals surface area contributed by atoms with E-state index < -0.39 is 11.7 Å². The Balaban J connectivity index is 1.91. The monoisotopic (exact) mass is 306 g/mol. The number of ether oxygens (including phenoxy) is 1. The van der Waals surface area contributed by atoms with Crippen molar-refractivity contribution in [3.05, 3.63) is 29.1 Å². The number of carbonyl (C=O) groups is 1. The van der Waals surface area contributed by atoms with E-state index in [1.807, 2.05) is 0 Å². The third kappa shape index (κ3) is 2.58. The quantitative estimate of drug-likeness (QED) is 0.930. The smallest absolute Gasteiger partial charge is 0.249 e. The van der Waals surface area contributed by atoms with Gasteiger partial charge in [0, 0.05) is 29.3 Å². The predicted molar refractivity (Wildman–Crippen MR) is 82.5 cm³/mol. The highest BCUT2D eigenvalue weighted by molar-refractivity contribution is 5.95. The fourth-order valence-corrected chi connectivity index (χ4v) is 3.68. The van der Waals surface area contributed by atoms with Gasteiger partial charge in [-0.2, -0.15) is 0 Å². The van der Waals surface area contributed by atoms with E-state index in [0.717, 1.165) is 0 Å². The molecular weight excluding hydrogens is 283 g/mol. The number of halogens is 1. The number of nitrogens with two attached hydrogens (primary N) is 1. The molecule has 0 aromatic heterocycles. The molecule has 1 amide bonds. The van der Waals surface area contributed by atoms with Crippen LogP contribution < -0.4 is 10.5 Å². The topological polar surface area (TPSA) is 55.6 Å². The molecule has 5 heteroatoms. The lowest BCUT2D eigenvalue weighted by Gasteiger charge is -2.46. The first kappa shape index (κ1) is 15.3. The molecule has 22 heavy (non-hydrogen) atoms. The summed E-state index contributed by atoms with van der Waals surface area (Å²) in [4.78, 5) is 14.1. The van der Waals surface area contributed by atoms with Crippen LogP contribution in [-0.4, -0.2) is 35.5 Å². The maximum Gasteiger partial charge on any atom is 0.249 e. The van der Waals surface area contributed by atoms with Gasteiger partial charge in [0.1, 0.15) is 6.61 Å². The molecule has 0 radical (unpaired) electrons.